The van der Waals surface area contributed by atoms with Crippen LogP contribution in [-0.2, 0) is 6.54 Å². The van der Waals surface area contributed by atoms with E-state index in [0.29, 0.717) is 23.4 Å². The lowest BCUT2D eigenvalue weighted by Gasteiger charge is -2.26. The summed E-state index contributed by atoms with van der Waals surface area (Å²) in [5, 5.41) is 2.89. The van der Waals surface area contributed by atoms with E-state index in [4.69, 9.17) is 4.74 Å². The lowest BCUT2D eigenvalue weighted by Crippen LogP contribution is -2.35. The second kappa shape index (κ2) is 8.52. The monoisotopic (exact) mass is 352 g/mol. The molecule has 2 aromatic carbocycles. The van der Waals surface area contributed by atoms with Gasteiger partial charge in [0.2, 0.25) is 0 Å². The first-order chi connectivity index (χ1) is 12.7. The molecule has 0 aliphatic carbocycles. The molecule has 0 atom stereocenters. The third-order valence-corrected chi connectivity index (χ3v) is 4.60. The summed E-state index contributed by atoms with van der Waals surface area (Å²) in [6.45, 7) is 2.03. The highest BCUT2D eigenvalue weighted by molar-refractivity contribution is 5.95. The van der Waals surface area contributed by atoms with Crippen molar-refractivity contribution in [1.29, 1.82) is 0 Å². The zero-order chi connectivity index (χ0) is 18.4. The summed E-state index contributed by atoms with van der Waals surface area (Å²) in [5.41, 5.74) is 2.13. The molecule has 3 rings (SSSR count). The first kappa shape index (κ1) is 18.0. The molecule has 0 aromatic heterocycles. The van der Waals surface area contributed by atoms with Crippen molar-refractivity contribution in [2.45, 2.75) is 25.8 Å². The zero-order valence-electron chi connectivity index (χ0n) is 15.0. The van der Waals surface area contributed by atoms with Gasteiger partial charge in [0.1, 0.15) is 5.75 Å². The van der Waals surface area contributed by atoms with Gasteiger partial charge in [0.25, 0.3) is 11.8 Å². The van der Waals surface area contributed by atoms with Crippen molar-refractivity contribution in [3.8, 4) is 5.75 Å². The summed E-state index contributed by atoms with van der Waals surface area (Å²) in [6.07, 6.45) is 3.34. The Bertz CT molecular complexity index is 782. The normalized spacial score (nSPS) is 14.0. The van der Waals surface area contributed by atoms with Crippen LogP contribution in [-0.4, -0.2) is 36.9 Å². The Labute approximate surface area is 154 Å². The van der Waals surface area contributed by atoms with Gasteiger partial charge in [-0.05, 0) is 55.2 Å². The molecule has 26 heavy (non-hydrogen) atoms. The number of rotatable bonds is 5. The van der Waals surface area contributed by atoms with E-state index in [2.05, 4.69) is 5.32 Å². The van der Waals surface area contributed by atoms with Gasteiger partial charge in [-0.1, -0.05) is 18.2 Å². The largest absolute Gasteiger partial charge is 0.497 e. The van der Waals surface area contributed by atoms with E-state index in [1.807, 2.05) is 29.2 Å². The minimum absolute atomic E-state index is 0.0747. The van der Waals surface area contributed by atoms with Crippen LogP contribution in [0.4, 0.5) is 0 Å². The van der Waals surface area contributed by atoms with Crippen molar-refractivity contribution >= 4 is 11.8 Å². The molecule has 1 aliphatic heterocycles. The second-order valence-corrected chi connectivity index (χ2v) is 6.47. The van der Waals surface area contributed by atoms with E-state index in [0.717, 1.165) is 31.5 Å². The molecule has 0 radical (unpaired) electrons. The van der Waals surface area contributed by atoms with Gasteiger partial charge in [0.15, 0.2) is 0 Å². The summed E-state index contributed by atoms with van der Waals surface area (Å²) in [4.78, 5) is 26.8. The quantitative estimate of drug-likeness (QED) is 0.899. The highest BCUT2D eigenvalue weighted by Crippen LogP contribution is 2.15. The van der Waals surface area contributed by atoms with E-state index in [-0.39, 0.29) is 11.8 Å². The molecule has 0 unspecified atom stereocenters. The maximum absolute atomic E-state index is 12.6. The number of hydrogen-bond acceptors (Lipinski definition) is 3. The minimum atomic E-state index is -0.170. The topological polar surface area (TPSA) is 58.6 Å². The molecule has 136 valence electrons. The molecule has 1 fully saturated rings. The maximum atomic E-state index is 12.6. The van der Waals surface area contributed by atoms with Crippen LogP contribution >= 0.6 is 0 Å². The Balaban J connectivity index is 1.63. The molecule has 2 aromatic rings. The number of nitrogens with zero attached hydrogens (tertiary/aromatic N) is 1. The Morgan fingerprint density at radius 2 is 1.73 bits per heavy atom. The highest BCUT2D eigenvalue weighted by atomic mass is 16.5. The Kier molecular flexibility index (Phi) is 5.89. The Morgan fingerprint density at radius 1 is 1.00 bits per heavy atom. The molecule has 1 saturated heterocycles. The number of benzene rings is 2. The van der Waals surface area contributed by atoms with Gasteiger partial charge in [-0.3, -0.25) is 9.59 Å². The van der Waals surface area contributed by atoms with Crippen LogP contribution in [0, 0.1) is 0 Å². The third-order valence-electron chi connectivity index (χ3n) is 4.60. The lowest BCUT2D eigenvalue weighted by atomic mass is 10.1. The molecule has 1 aliphatic rings. The van der Waals surface area contributed by atoms with Crippen LogP contribution < -0.4 is 10.1 Å². The molecule has 1 heterocycles. The predicted molar refractivity (Wildman–Crippen MR) is 100 cm³/mol. The van der Waals surface area contributed by atoms with Gasteiger partial charge in [0, 0.05) is 30.8 Å². The molecule has 0 bridgehead atoms. The van der Waals surface area contributed by atoms with Crippen molar-refractivity contribution in [2.75, 3.05) is 20.2 Å². The highest BCUT2D eigenvalue weighted by Gasteiger charge is 2.18. The summed E-state index contributed by atoms with van der Waals surface area (Å²) in [5.74, 6) is 0.550. The van der Waals surface area contributed by atoms with E-state index in [1.165, 1.54) is 6.42 Å². The minimum Gasteiger partial charge on any atom is -0.497 e. The summed E-state index contributed by atoms with van der Waals surface area (Å²) in [7, 11) is 1.57. The standard InChI is InChI=1S/C21H24N2O3/c1-26-19-10-6-8-17(14-19)20(24)22-15-16-7-5-9-18(13-16)21(25)23-11-3-2-4-12-23/h5-10,13-14H,2-4,11-12,15H2,1H3,(H,22,24). The number of carbonyl (C=O) groups is 2. The Hall–Kier alpha value is -2.82. The van der Waals surface area contributed by atoms with Crippen LogP contribution in [0.15, 0.2) is 48.5 Å². The van der Waals surface area contributed by atoms with Gasteiger partial charge < -0.3 is 15.0 Å². The van der Waals surface area contributed by atoms with Crippen molar-refractivity contribution in [1.82, 2.24) is 10.2 Å². The summed E-state index contributed by atoms with van der Waals surface area (Å²) in [6, 6.07) is 14.5. The molecule has 5 heteroatoms. The zero-order valence-corrected chi connectivity index (χ0v) is 15.0. The molecule has 2 amide bonds. The fraction of sp³-hybridized carbons (Fsp3) is 0.333. The molecule has 1 N–H and O–H groups in total. The number of amides is 2. The SMILES string of the molecule is COc1cccc(C(=O)NCc2cccc(C(=O)N3CCCCC3)c2)c1. The van der Waals surface area contributed by atoms with Crippen LogP contribution in [0.5, 0.6) is 5.75 Å². The van der Waals surface area contributed by atoms with Crippen molar-refractivity contribution < 1.29 is 14.3 Å². The average Bonchev–Trinajstić information content (AvgIpc) is 2.72. The second-order valence-electron chi connectivity index (χ2n) is 6.47. The van der Waals surface area contributed by atoms with Gasteiger partial charge in [-0.2, -0.15) is 0 Å². The van der Waals surface area contributed by atoms with Crippen molar-refractivity contribution in [2.24, 2.45) is 0 Å². The van der Waals surface area contributed by atoms with E-state index < -0.39 is 0 Å². The van der Waals surface area contributed by atoms with Gasteiger partial charge in [0.05, 0.1) is 7.11 Å². The van der Waals surface area contributed by atoms with Crippen molar-refractivity contribution in [3.63, 3.8) is 0 Å². The molecule has 0 saturated carbocycles. The summed E-state index contributed by atoms with van der Waals surface area (Å²) < 4.78 is 5.15. The van der Waals surface area contributed by atoms with Crippen LogP contribution in [0.25, 0.3) is 0 Å². The summed E-state index contributed by atoms with van der Waals surface area (Å²) >= 11 is 0. The first-order valence-electron chi connectivity index (χ1n) is 8.98. The van der Waals surface area contributed by atoms with E-state index >= 15 is 0 Å². The average molecular weight is 352 g/mol. The predicted octanol–water partition coefficient (Wildman–Crippen LogP) is 3.25. The van der Waals surface area contributed by atoms with Crippen LogP contribution in [0.2, 0.25) is 0 Å². The number of methoxy groups -OCH3 is 1. The van der Waals surface area contributed by atoms with Crippen LogP contribution in [0.3, 0.4) is 0 Å². The van der Waals surface area contributed by atoms with E-state index in [9.17, 15) is 9.59 Å². The van der Waals surface area contributed by atoms with Gasteiger partial charge in [-0.15, -0.1) is 0 Å². The fourth-order valence-electron chi connectivity index (χ4n) is 3.14. The van der Waals surface area contributed by atoms with Crippen LogP contribution in [0.1, 0.15) is 45.5 Å². The van der Waals surface area contributed by atoms with E-state index in [1.54, 1.807) is 31.4 Å². The third kappa shape index (κ3) is 4.42. The van der Waals surface area contributed by atoms with Gasteiger partial charge >= 0.3 is 0 Å². The lowest BCUT2D eigenvalue weighted by molar-refractivity contribution is 0.0724. The number of ether oxygens (including phenoxy) is 1. The first-order valence-corrected chi connectivity index (χ1v) is 8.98. The smallest absolute Gasteiger partial charge is 0.253 e. The number of hydrogen-bond donors (Lipinski definition) is 1. The fourth-order valence-corrected chi connectivity index (χ4v) is 3.14. The van der Waals surface area contributed by atoms with Gasteiger partial charge in [-0.25, -0.2) is 0 Å². The molecular formula is C21H24N2O3. The number of likely N-dealkylation sites (tertiary alicyclic amines) is 1. The number of nitrogens with one attached hydrogen (secondary N) is 1. The molecular weight excluding hydrogens is 328 g/mol. The molecule has 0 spiro atoms. The Morgan fingerprint density at radius 3 is 2.50 bits per heavy atom. The van der Waals surface area contributed by atoms with Crippen molar-refractivity contribution in [3.05, 3.63) is 65.2 Å². The number of carbonyl (C=O) groups excluding carboxylic acids is 2. The maximum Gasteiger partial charge on any atom is 0.253 e. The molecule has 5 nitrogen and oxygen atoms in total. The number of piperidine rings is 1.